The number of nitrogens with zero attached hydrogens (tertiary/aromatic N) is 1. The van der Waals surface area contributed by atoms with Crippen LogP contribution in [0, 0.1) is 0 Å². The second-order valence-corrected chi connectivity index (χ2v) is 5.05. The lowest BCUT2D eigenvalue weighted by Gasteiger charge is -2.24. The molecule has 2 atom stereocenters. The lowest BCUT2D eigenvalue weighted by atomic mass is 10.1. The van der Waals surface area contributed by atoms with E-state index in [4.69, 9.17) is 11.6 Å². The van der Waals surface area contributed by atoms with Gasteiger partial charge in [-0.3, -0.25) is 10.1 Å². The van der Waals surface area contributed by atoms with Gasteiger partial charge in [-0.15, -0.1) is 0 Å². The Morgan fingerprint density at radius 3 is 2.78 bits per heavy atom. The quantitative estimate of drug-likeness (QED) is 0.909. The Morgan fingerprint density at radius 2 is 2.17 bits per heavy atom. The average Bonchev–Trinajstić information content (AvgIpc) is 2.67. The smallest absolute Gasteiger partial charge is 0.241 e. The van der Waals surface area contributed by atoms with Crippen LogP contribution < -0.4 is 5.32 Å². The molecule has 0 aliphatic carbocycles. The lowest BCUT2D eigenvalue weighted by Crippen LogP contribution is -2.31. The summed E-state index contributed by atoms with van der Waals surface area (Å²) in [5.74, 6) is 0.198. The summed E-state index contributed by atoms with van der Waals surface area (Å²) in [7, 11) is 0. The van der Waals surface area contributed by atoms with Gasteiger partial charge in [0.1, 0.15) is 6.17 Å². The topological polar surface area (TPSA) is 32.3 Å². The van der Waals surface area contributed by atoms with Crippen molar-refractivity contribution in [2.75, 3.05) is 6.54 Å². The summed E-state index contributed by atoms with van der Waals surface area (Å²) >= 11 is 6.02. The second kappa shape index (κ2) is 5.72. The fourth-order valence-electron chi connectivity index (χ4n) is 2.40. The predicted molar refractivity (Wildman–Crippen MR) is 73.4 cm³/mol. The van der Waals surface area contributed by atoms with E-state index in [-0.39, 0.29) is 18.1 Å². The maximum atomic E-state index is 12.2. The number of hydrogen-bond donors (Lipinski definition) is 1. The summed E-state index contributed by atoms with van der Waals surface area (Å²) in [4.78, 5) is 14.1. The molecule has 0 bridgehead atoms. The first-order chi connectivity index (χ1) is 8.67. The maximum absolute atomic E-state index is 12.2. The number of benzene rings is 1. The fraction of sp³-hybridized carbons (Fsp3) is 0.500. The minimum Gasteiger partial charge on any atom is -0.322 e. The van der Waals surface area contributed by atoms with Gasteiger partial charge in [-0.05, 0) is 30.5 Å². The monoisotopic (exact) mass is 266 g/mol. The molecule has 0 spiro atoms. The van der Waals surface area contributed by atoms with Crippen molar-refractivity contribution in [3.8, 4) is 0 Å². The molecule has 1 heterocycles. The molecule has 1 aromatic carbocycles. The van der Waals surface area contributed by atoms with Crippen LogP contribution in [0.3, 0.4) is 0 Å². The van der Waals surface area contributed by atoms with Crippen LogP contribution in [-0.2, 0) is 4.79 Å². The minimum atomic E-state index is -0.0690. The van der Waals surface area contributed by atoms with E-state index >= 15 is 0 Å². The van der Waals surface area contributed by atoms with Crippen LogP contribution in [0.5, 0.6) is 0 Å². The molecule has 1 N–H and O–H groups in total. The van der Waals surface area contributed by atoms with Crippen LogP contribution in [0.15, 0.2) is 24.3 Å². The maximum Gasteiger partial charge on any atom is 0.241 e. The highest BCUT2D eigenvalue weighted by atomic mass is 35.5. The summed E-state index contributed by atoms with van der Waals surface area (Å²) in [6, 6.07) is 7.64. The molecular weight excluding hydrogens is 248 g/mol. The zero-order chi connectivity index (χ0) is 13.1. The van der Waals surface area contributed by atoms with Crippen molar-refractivity contribution in [1.82, 2.24) is 10.2 Å². The van der Waals surface area contributed by atoms with E-state index in [1.165, 1.54) is 0 Å². The lowest BCUT2D eigenvalue weighted by molar-refractivity contribution is -0.130. The van der Waals surface area contributed by atoms with Gasteiger partial charge in [-0.1, -0.05) is 37.6 Å². The predicted octanol–water partition coefficient (Wildman–Crippen LogP) is 2.96. The van der Waals surface area contributed by atoms with Crippen molar-refractivity contribution >= 4 is 17.5 Å². The van der Waals surface area contributed by atoms with Gasteiger partial charge in [0.05, 0.1) is 6.04 Å². The SMILES string of the molecule is CCCN1C(=O)C(CC)NC1c1cccc(Cl)c1. The van der Waals surface area contributed by atoms with Crippen molar-refractivity contribution in [3.63, 3.8) is 0 Å². The Labute approximate surface area is 113 Å². The number of nitrogens with one attached hydrogen (secondary N) is 1. The first-order valence-corrected chi connectivity index (χ1v) is 6.87. The van der Waals surface area contributed by atoms with Gasteiger partial charge >= 0.3 is 0 Å². The Hall–Kier alpha value is -1.06. The summed E-state index contributed by atoms with van der Waals surface area (Å²) < 4.78 is 0. The highest BCUT2D eigenvalue weighted by Gasteiger charge is 2.37. The van der Waals surface area contributed by atoms with E-state index in [2.05, 4.69) is 12.2 Å². The Bertz CT molecular complexity index is 436. The van der Waals surface area contributed by atoms with Crippen molar-refractivity contribution in [2.24, 2.45) is 0 Å². The van der Waals surface area contributed by atoms with Gasteiger partial charge in [-0.25, -0.2) is 0 Å². The van der Waals surface area contributed by atoms with Crippen molar-refractivity contribution in [2.45, 2.75) is 38.9 Å². The van der Waals surface area contributed by atoms with Crippen LogP contribution in [0.25, 0.3) is 0 Å². The zero-order valence-corrected chi connectivity index (χ0v) is 11.6. The number of carbonyl (C=O) groups is 1. The minimum absolute atomic E-state index is 0.0406. The van der Waals surface area contributed by atoms with Gasteiger partial charge in [0, 0.05) is 11.6 Å². The number of rotatable bonds is 4. The number of carbonyl (C=O) groups excluding carboxylic acids is 1. The molecule has 0 radical (unpaired) electrons. The summed E-state index contributed by atoms with van der Waals surface area (Å²) in [5, 5.41) is 4.09. The Morgan fingerprint density at radius 1 is 1.39 bits per heavy atom. The fourth-order valence-corrected chi connectivity index (χ4v) is 2.60. The molecule has 1 fully saturated rings. The summed E-state index contributed by atoms with van der Waals surface area (Å²) in [5.41, 5.74) is 1.06. The molecule has 2 rings (SSSR count). The Kier molecular flexibility index (Phi) is 4.25. The van der Waals surface area contributed by atoms with E-state index < -0.39 is 0 Å². The molecule has 1 saturated heterocycles. The van der Waals surface area contributed by atoms with Gasteiger partial charge in [-0.2, -0.15) is 0 Å². The molecule has 0 saturated carbocycles. The van der Waals surface area contributed by atoms with Crippen LogP contribution in [-0.4, -0.2) is 23.4 Å². The van der Waals surface area contributed by atoms with E-state index in [1.54, 1.807) is 0 Å². The normalized spacial score (nSPS) is 23.7. The molecule has 0 aromatic heterocycles. The van der Waals surface area contributed by atoms with E-state index in [1.807, 2.05) is 36.1 Å². The largest absolute Gasteiger partial charge is 0.322 e. The molecule has 1 amide bonds. The van der Waals surface area contributed by atoms with Crippen molar-refractivity contribution in [3.05, 3.63) is 34.9 Å². The standard InChI is InChI=1S/C14H19ClN2O/c1-3-8-17-13(16-12(4-2)14(17)18)10-6-5-7-11(15)9-10/h5-7,9,12-13,16H,3-4,8H2,1-2H3. The molecule has 18 heavy (non-hydrogen) atoms. The van der Waals surface area contributed by atoms with Gasteiger partial charge in [0.15, 0.2) is 0 Å². The zero-order valence-electron chi connectivity index (χ0n) is 10.8. The second-order valence-electron chi connectivity index (χ2n) is 4.62. The third kappa shape index (κ3) is 2.52. The number of halogens is 1. The van der Waals surface area contributed by atoms with Crippen LogP contribution in [0.4, 0.5) is 0 Å². The highest BCUT2D eigenvalue weighted by Crippen LogP contribution is 2.28. The molecule has 3 nitrogen and oxygen atoms in total. The number of amides is 1. The van der Waals surface area contributed by atoms with Crippen LogP contribution in [0.2, 0.25) is 5.02 Å². The molecule has 1 aliphatic heterocycles. The van der Waals surface area contributed by atoms with Crippen molar-refractivity contribution in [1.29, 1.82) is 0 Å². The Balaban J connectivity index is 2.27. The molecule has 2 unspecified atom stereocenters. The van der Waals surface area contributed by atoms with Gasteiger partial charge in [0.2, 0.25) is 5.91 Å². The van der Waals surface area contributed by atoms with Crippen LogP contribution >= 0.6 is 11.6 Å². The first-order valence-electron chi connectivity index (χ1n) is 6.49. The third-order valence-electron chi connectivity index (χ3n) is 3.29. The number of hydrogen-bond acceptors (Lipinski definition) is 2. The molecule has 1 aliphatic rings. The van der Waals surface area contributed by atoms with Gasteiger partial charge in [0.25, 0.3) is 0 Å². The molecule has 98 valence electrons. The van der Waals surface area contributed by atoms with E-state index in [0.717, 1.165) is 24.9 Å². The molecule has 1 aromatic rings. The highest BCUT2D eigenvalue weighted by molar-refractivity contribution is 6.30. The first kappa shape index (κ1) is 13.4. The summed E-state index contributed by atoms with van der Waals surface area (Å²) in [6.07, 6.45) is 1.73. The summed E-state index contributed by atoms with van der Waals surface area (Å²) in [6.45, 7) is 4.89. The molecular formula is C14H19ClN2O. The van der Waals surface area contributed by atoms with E-state index in [9.17, 15) is 4.79 Å². The van der Waals surface area contributed by atoms with Crippen LogP contribution in [0.1, 0.15) is 38.4 Å². The third-order valence-corrected chi connectivity index (χ3v) is 3.52. The van der Waals surface area contributed by atoms with Gasteiger partial charge < -0.3 is 4.90 Å². The van der Waals surface area contributed by atoms with Crippen molar-refractivity contribution < 1.29 is 4.79 Å². The average molecular weight is 267 g/mol. The van der Waals surface area contributed by atoms with E-state index in [0.29, 0.717) is 5.02 Å². The molecule has 4 heteroatoms.